The number of hydrogen-bond acceptors (Lipinski definition) is 2. The van der Waals surface area contributed by atoms with Crippen molar-refractivity contribution in [3.8, 4) is 0 Å². The fraction of sp³-hybridized carbons (Fsp3) is 0.571. The van der Waals surface area contributed by atoms with E-state index in [2.05, 4.69) is 24.1 Å². The van der Waals surface area contributed by atoms with Gasteiger partial charge in [-0.05, 0) is 50.4 Å². The van der Waals surface area contributed by atoms with Gasteiger partial charge in [-0.1, -0.05) is 12.1 Å². The number of rotatable bonds is 4. The van der Waals surface area contributed by atoms with E-state index in [-0.39, 0.29) is 0 Å². The Kier molecular flexibility index (Phi) is 2.21. The third kappa shape index (κ3) is 1.82. The molecule has 0 atom stereocenters. The molecule has 1 aromatic rings. The van der Waals surface area contributed by atoms with Crippen LogP contribution in [0.4, 0.5) is 5.69 Å². The summed E-state index contributed by atoms with van der Waals surface area (Å²) in [4.78, 5) is 2.54. The molecular formula is C14H20N2. The van der Waals surface area contributed by atoms with E-state index in [9.17, 15) is 0 Å². The molecule has 86 valence electrons. The largest absolute Gasteiger partial charge is 0.399 e. The second-order valence-electron chi connectivity index (χ2n) is 5.55. The minimum absolute atomic E-state index is 0.449. The van der Waals surface area contributed by atoms with Crippen LogP contribution in [0, 0.1) is 0 Å². The Balaban J connectivity index is 1.74. The Morgan fingerprint density at radius 2 is 1.88 bits per heavy atom. The normalized spacial score (nSPS) is 22.4. The van der Waals surface area contributed by atoms with E-state index in [4.69, 9.17) is 5.73 Å². The van der Waals surface area contributed by atoms with Gasteiger partial charge >= 0.3 is 0 Å². The predicted octanol–water partition coefficient (Wildman–Crippen LogP) is 2.39. The maximum absolute atomic E-state index is 5.74. The van der Waals surface area contributed by atoms with Crippen LogP contribution in [-0.2, 0) is 5.41 Å². The highest BCUT2D eigenvalue weighted by molar-refractivity contribution is 5.43. The van der Waals surface area contributed by atoms with Crippen LogP contribution in [0.15, 0.2) is 24.3 Å². The van der Waals surface area contributed by atoms with E-state index in [0.717, 1.165) is 11.7 Å². The van der Waals surface area contributed by atoms with E-state index in [1.165, 1.54) is 37.8 Å². The number of anilines is 1. The van der Waals surface area contributed by atoms with Crippen molar-refractivity contribution in [3.63, 3.8) is 0 Å². The summed E-state index contributed by atoms with van der Waals surface area (Å²) >= 11 is 0. The molecule has 0 unspecified atom stereocenters. The van der Waals surface area contributed by atoms with Crippen LogP contribution >= 0.6 is 0 Å². The van der Waals surface area contributed by atoms with E-state index in [0.29, 0.717) is 5.41 Å². The summed E-state index contributed by atoms with van der Waals surface area (Å²) in [5, 5.41) is 0. The molecule has 2 saturated carbocycles. The highest BCUT2D eigenvalue weighted by Crippen LogP contribution is 2.49. The molecule has 0 aromatic heterocycles. The van der Waals surface area contributed by atoms with Gasteiger partial charge < -0.3 is 10.6 Å². The summed E-state index contributed by atoms with van der Waals surface area (Å²) in [5.74, 6) is 0. The van der Waals surface area contributed by atoms with Gasteiger partial charge in [-0.3, -0.25) is 0 Å². The van der Waals surface area contributed by atoms with Gasteiger partial charge in [0, 0.05) is 23.7 Å². The smallest absolute Gasteiger partial charge is 0.0314 e. The lowest BCUT2D eigenvalue weighted by molar-refractivity contribution is 0.292. The molecule has 2 fully saturated rings. The van der Waals surface area contributed by atoms with Crippen LogP contribution in [0.1, 0.15) is 31.2 Å². The highest BCUT2D eigenvalue weighted by Gasteiger charge is 2.46. The van der Waals surface area contributed by atoms with Crippen LogP contribution in [0.2, 0.25) is 0 Å². The summed E-state index contributed by atoms with van der Waals surface area (Å²) in [7, 11) is 2.27. The highest BCUT2D eigenvalue weighted by atomic mass is 15.2. The van der Waals surface area contributed by atoms with E-state index in [1.54, 1.807) is 0 Å². The maximum Gasteiger partial charge on any atom is 0.0314 e. The van der Waals surface area contributed by atoms with Gasteiger partial charge in [0.05, 0.1) is 0 Å². The molecule has 0 bridgehead atoms. The summed E-state index contributed by atoms with van der Waals surface area (Å²) in [5.41, 5.74) is 8.54. The fourth-order valence-corrected chi connectivity index (χ4v) is 2.65. The van der Waals surface area contributed by atoms with Crippen molar-refractivity contribution < 1.29 is 0 Å². The molecule has 2 aliphatic carbocycles. The molecule has 0 radical (unpaired) electrons. The second-order valence-corrected chi connectivity index (χ2v) is 5.55. The van der Waals surface area contributed by atoms with Gasteiger partial charge in [-0.15, -0.1) is 0 Å². The van der Waals surface area contributed by atoms with E-state index < -0.39 is 0 Å². The van der Waals surface area contributed by atoms with Crippen LogP contribution in [0.3, 0.4) is 0 Å². The zero-order valence-electron chi connectivity index (χ0n) is 9.95. The van der Waals surface area contributed by atoms with Crippen molar-refractivity contribution in [2.75, 3.05) is 19.3 Å². The Bertz CT molecular complexity index is 374. The van der Waals surface area contributed by atoms with Crippen molar-refractivity contribution >= 4 is 5.69 Å². The number of benzene rings is 1. The molecule has 3 rings (SSSR count). The predicted molar refractivity (Wildman–Crippen MR) is 67.4 cm³/mol. The lowest BCUT2D eigenvalue weighted by Gasteiger charge is -2.24. The van der Waals surface area contributed by atoms with Crippen molar-refractivity contribution in [2.24, 2.45) is 0 Å². The van der Waals surface area contributed by atoms with Gasteiger partial charge in [0.15, 0.2) is 0 Å². The lowest BCUT2D eigenvalue weighted by atomic mass is 9.95. The monoisotopic (exact) mass is 216 g/mol. The fourth-order valence-electron chi connectivity index (χ4n) is 2.65. The van der Waals surface area contributed by atoms with Gasteiger partial charge in [0.25, 0.3) is 0 Å². The third-order valence-electron chi connectivity index (χ3n) is 4.10. The van der Waals surface area contributed by atoms with Gasteiger partial charge in [-0.25, -0.2) is 0 Å². The summed E-state index contributed by atoms with van der Waals surface area (Å²) in [6.45, 7) is 1.22. The number of hydrogen-bond donors (Lipinski definition) is 1. The molecule has 0 spiro atoms. The average molecular weight is 216 g/mol. The Hall–Kier alpha value is -1.02. The average Bonchev–Trinajstić information content (AvgIpc) is 3.13. The molecule has 1 aromatic carbocycles. The van der Waals surface area contributed by atoms with Crippen molar-refractivity contribution in [3.05, 3.63) is 29.8 Å². The molecule has 2 aliphatic rings. The standard InChI is InChI=1S/C14H20N2/c1-16(13-6-7-13)10-14(8-9-14)11-2-4-12(15)5-3-11/h2-5,13H,6-10,15H2,1H3. The van der Waals surface area contributed by atoms with Crippen molar-refractivity contribution in [1.82, 2.24) is 4.90 Å². The van der Waals surface area contributed by atoms with Gasteiger partial charge in [0.2, 0.25) is 0 Å². The van der Waals surface area contributed by atoms with Crippen molar-refractivity contribution in [1.29, 1.82) is 0 Å². The quantitative estimate of drug-likeness (QED) is 0.783. The summed E-state index contributed by atoms with van der Waals surface area (Å²) in [6.07, 6.45) is 5.48. The Morgan fingerprint density at radius 1 is 1.25 bits per heavy atom. The molecule has 2 N–H and O–H groups in total. The van der Waals surface area contributed by atoms with Crippen LogP contribution in [-0.4, -0.2) is 24.5 Å². The number of nitrogens with two attached hydrogens (primary N) is 1. The van der Waals surface area contributed by atoms with Crippen LogP contribution in [0.5, 0.6) is 0 Å². The van der Waals surface area contributed by atoms with Gasteiger partial charge in [0.1, 0.15) is 0 Å². The minimum atomic E-state index is 0.449. The number of likely N-dealkylation sites (N-methyl/N-ethyl adjacent to an activating group) is 1. The first-order valence-corrected chi connectivity index (χ1v) is 6.26. The molecular weight excluding hydrogens is 196 g/mol. The molecule has 16 heavy (non-hydrogen) atoms. The second kappa shape index (κ2) is 3.49. The third-order valence-corrected chi connectivity index (χ3v) is 4.10. The zero-order chi connectivity index (χ0) is 11.2. The maximum atomic E-state index is 5.74. The zero-order valence-corrected chi connectivity index (χ0v) is 9.95. The topological polar surface area (TPSA) is 29.3 Å². The first kappa shape index (κ1) is 10.2. The molecule has 2 heteroatoms. The Morgan fingerprint density at radius 3 is 2.38 bits per heavy atom. The number of nitrogens with zero attached hydrogens (tertiary/aromatic N) is 1. The molecule has 2 nitrogen and oxygen atoms in total. The van der Waals surface area contributed by atoms with E-state index in [1.807, 2.05) is 12.1 Å². The first-order valence-electron chi connectivity index (χ1n) is 6.26. The van der Waals surface area contributed by atoms with E-state index >= 15 is 0 Å². The summed E-state index contributed by atoms with van der Waals surface area (Å²) in [6, 6.07) is 9.36. The molecule has 0 amide bonds. The summed E-state index contributed by atoms with van der Waals surface area (Å²) < 4.78 is 0. The number of nitrogen functional groups attached to an aromatic ring is 1. The first-order chi connectivity index (χ1) is 7.70. The SMILES string of the molecule is CN(CC1(c2ccc(N)cc2)CC1)C1CC1. The Labute approximate surface area is 97.4 Å². The lowest BCUT2D eigenvalue weighted by Crippen LogP contribution is -2.30. The van der Waals surface area contributed by atoms with Crippen LogP contribution in [0.25, 0.3) is 0 Å². The van der Waals surface area contributed by atoms with Gasteiger partial charge in [-0.2, -0.15) is 0 Å². The van der Waals surface area contributed by atoms with Crippen molar-refractivity contribution in [2.45, 2.75) is 37.1 Å². The molecule has 0 aliphatic heterocycles. The molecule has 0 heterocycles. The minimum Gasteiger partial charge on any atom is -0.399 e. The molecule has 0 saturated heterocycles. The van der Waals surface area contributed by atoms with Crippen LogP contribution < -0.4 is 5.73 Å².